The maximum absolute atomic E-state index is 13.6. The van der Waals surface area contributed by atoms with E-state index in [-0.39, 0.29) is 23.5 Å². The molecule has 5 rings (SSSR count). The lowest BCUT2D eigenvalue weighted by Crippen LogP contribution is -2.15. The van der Waals surface area contributed by atoms with E-state index < -0.39 is 9.84 Å². The molecule has 3 aromatic heterocycles. The topological polar surface area (TPSA) is 112 Å². The minimum atomic E-state index is -3.13. The predicted octanol–water partition coefficient (Wildman–Crippen LogP) is 4.10. The first-order chi connectivity index (χ1) is 16.8. The Morgan fingerprint density at radius 3 is 2.69 bits per heavy atom. The number of thiophene rings is 1. The first kappa shape index (κ1) is 23.3. The van der Waals surface area contributed by atoms with E-state index in [9.17, 15) is 13.2 Å². The van der Waals surface area contributed by atoms with Gasteiger partial charge >= 0.3 is 0 Å². The van der Waals surface area contributed by atoms with Crippen molar-refractivity contribution < 1.29 is 22.7 Å². The molecular formula is C24H24N4O5S2. The molecule has 4 aromatic rings. The number of nitrogens with one attached hydrogen (secondary N) is 1. The summed E-state index contributed by atoms with van der Waals surface area (Å²) in [5, 5.41) is 10.1. The average Bonchev–Trinajstić information content (AvgIpc) is 3.57. The number of aromatic nitrogens is 3. The molecule has 0 saturated carbocycles. The number of carbonyl (C=O) groups is 1. The number of hydrogen-bond donors (Lipinski definition) is 1. The Hall–Kier alpha value is -3.44. The molecule has 1 aliphatic rings. The van der Waals surface area contributed by atoms with E-state index in [2.05, 4.69) is 10.4 Å². The van der Waals surface area contributed by atoms with Gasteiger partial charge in [0.1, 0.15) is 11.5 Å². The van der Waals surface area contributed by atoms with Gasteiger partial charge in [-0.15, -0.1) is 11.3 Å². The second-order valence-electron chi connectivity index (χ2n) is 8.34. The number of rotatable bonds is 6. The molecule has 1 N–H and O–H groups in total. The first-order valence-electron chi connectivity index (χ1n) is 11.0. The summed E-state index contributed by atoms with van der Waals surface area (Å²) in [6.45, 7) is 1.80. The Balaban J connectivity index is 1.65. The SMILES string of the molecule is COc1ccc(OC)c(NC(=O)c2cc(-c3cccs3)nc3c2c(C)nn3C2CCS(=O)(=O)C2)c1. The van der Waals surface area contributed by atoms with Crippen molar-refractivity contribution in [3.8, 4) is 22.1 Å². The zero-order valence-corrected chi connectivity index (χ0v) is 21.1. The lowest BCUT2D eigenvalue weighted by molar-refractivity contribution is 0.102. The van der Waals surface area contributed by atoms with E-state index in [1.54, 1.807) is 43.0 Å². The van der Waals surface area contributed by atoms with Crippen molar-refractivity contribution in [1.29, 1.82) is 0 Å². The van der Waals surface area contributed by atoms with Gasteiger partial charge in [-0.1, -0.05) is 6.07 Å². The Labute approximate surface area is 206 Å². The van der Waals surface area contributed by atoms with Gasteiger partial charge in [-0.2, -0.15) is 5.10 Å². The Kier molecular flexibility index (Phi) is 5.97. The maximum atomic E-state index is 13.6. The number of ether oxygens (including phenoxy) is 2. The molecule has 1 aliphatic heterocycles. The number of benzene rings is 1. The number of fused-ring (bicyclic) bond motifs is 1. The highest BCUT2D eigenvalue weighted by atomic mass is 32.2. The number of anilines is 1. The highest BCUT2D eigenvalue weighted by Gasteiger charge is 2.32. The molecule has 0 aliphatic carbocycles. The molecule has 1 fully saturated rings. The number of pyridine rings is 1. The Morgan fingerprint density at radius 1 is 1.20 bits per heavy atom. The van der Waals surface area contributed by atoms with Crippen LogP contribution in [0, 0.1) is 6.92 Å². The molecule has 9 nitrogen and oxygen atoms in total. The van der Waals surface area contributed by atoms with Crippen molar-refractivity contribution in [3.63, 3.8) is 0 Å². The number of methoxy groups -OCH3 is 2. The van der Waals surface area contributed by atoms with Crippen molar-refractivity contribution in [3.05, 3.63) is 53.0 Å². The number of aryl methyl sites for hydroxylation is 1. The van der Waals surface area contributed by atoms with Crippen LogP contribution in [0.2, 0.25) is 0 Å². The van der Waals surface area contributed by atoms with Gasteiger partial charge in [-0.25, -0.2) is 18.1 Å². The highest BCUT2D eigenvalue weighted by Crippen LogP contribution is 2.35. The van der Waals surface area contributed by atoms with Crippen molar-refractivity contribution >= 4 is 43.8 Å². The van der Waals surface area contributed by atoms with Crippen LogP contribution in [0.4, 0.5) is 5.69 Å². The van der Waals surface area contributed by atoms with Gasteiger partial charge in [0, 0.05) is 6.07 Å². The minimum absolute atomic E-state index is 0.0106. The summed E-state index contributed by atoms with van der Waals surface area (Å²) < 4.78 is 36.7. The summed E-state index contributed by atoms with van der Waals surface area (Å²) in [6.07, 6.45) is 0.464. The third-order valence-electron chi connectivity index (χ3n) is 6.06. The zero-order chi connectivity index (χ0) is 24.7. The van der Waals surface area contributed by atoms with Gasteiger partial charge in [0.2, 0.25) is 0 Å². The monoisotopic (exact) mass is 512 g/mol. The van der Waals surface area contributed by atoms with Crippen LogP contribution in [-0.2, 0) is 9.84 Å². The molecule has 11 heteroatoms. The van der Waals surface area contributed by atoms with Crippen molar-refractivity contribution in [2.75, 3.05) is 31.0 Å². The van der Waals surface area contributed by atoms with Gasteiger partial charge in [0.05, 0.1) is 64.7 Å². The average molecular weight is 513 g/mol. The molecule has 4 heterocycles. The molecule has 1 unspecified atom stereocenters. The second kappa shape index (κ2) is 8.97. The summed E-state index contributed by atoms with van der Waals surface area (Å²) in [5.74, 6) is 0.837. The van der Waals surface area contributed by atoms with Crippen LogP contribution in [0.5, 0.6) is 11.5 Å². The number of sulfone groups is 1. The van der Waals surface area contributed by atoms with Crippen LogP contribution in [0.25, 0.3) is 21.6 Å². The Bertz CT molecular complexity index is 1530. The van der Waals surface area contributed by atoms with Crippen LogP contribution in [-0.4, -0.2) is 54.8 Å². The third-order valence-corrected chi connectivity index (χ3v) is 8.71. The highest BCUT2D eigenvalue weighted by molar-refractivity contribution is 7.91. The number of amides is 1. The summed E-state index contributed by atoms with van der Waals surface area (Å²) in [5.41, 5.74) is 2.59. The summed E-state index contributed by atoms with van der Waals surface area (Å²) in [4.78, 5) is 19.4. The van der Waals surface area contributed by atoms with E-state index in [0.717, 1.165) is 4.88 Å². The van der Waals surface area contributed by atoms with Crippen LogP contribution in [0.15, 0.2) is 41.8 Å². The smallest absolute Gasteiger partial charge is 0.256 e. The standard InChI is InChI=1S/C24H24N4O5S2/c1-14-22-17(24(29)26-18-11-16(32-2)6-7-20(18)33-3)12-19(21-5-4-9-34-21)25-23(22)28(27-14)15-8-10-35(30,31)13-15/h4-7,9,11-12,15H,8,10,13H2,1-3H3,(H,26,29). The fraction of sp³-hybridized carbons (Fsp3) is 0.292. The predicted molar refractivity (Wildman–Crippen MR) is 135 cm³/mol. The normalized spacial score (nSPS) is 16.9. The van der Waals surface area contributed by atoms with Crippen LogP contribution in [0.1, 0.15) is 28.5 Å². The van der Waals surface area contributed by atoms with Crippen molar-refractivity contribution in [2.24, 2.45) is 0 Å². The number of nitrogens with zero attached hydrogens (tertiary/aromatic N) is 3. The Morgan fingerprint density at radius 2 is 2.03 bits per heavy atom. The van der Waals surface area contributed by atoms with Crippen molar-refractivity contribution in [2.45, 2.75) is 19.4 Å². The van der Waals surface area contributed by atoms with Crippen LogP contribution >= 0.6 is 11.3 Å². The molecule has 0 bridgehead atoms. The van der Waals surface area contributed by atoms with Crippen LogP contribution < -0.4 is 14.8 Å². The van der Waals surface area contributed by atoms with E-state index in [0.29, 0.717) is 51.6 Å². The second-order valence-corrected chi connectivity index (χ2v) is 11.5. The third kappa shape index (κ3) is 4.37. The van der Waals surface area contributed by atoms with Gasteiger partial charge in [-0.05, 0) is 43.0 Å². The van der Waals surface area contributed by atoms with Gasteiger partial charge in [0.25, 0.3) is 5.91 Å². The van der Waals surface area contributed by atoms with Crippen molar-refractivity contribution in [1.82, 2.24) is 14.8 Å². The van der Waals surface area contributed by atoms with E-state index in [4.69, 9.17) is 14.5 Å². The molecule has 0 radical (unpaired) electrons. The molecule has 1 atom stereocenters. The van der Waals surface area contributed by atoms with Gasteiger partial charge in [-0.3, -0.25) is 4.79 Å². The largest absolute Gasteiger partial charge is 0.497 e. The lowest BCUT2D eigenvalue weighted by Gasteiger charge is -2.14. The first-order valence-corrected chi connectivity index (χ1v) is 13.7. The number of hydrogen-bond acceptors (Lipinski definition) is 8. The molecule has 35 heavy (non-hydrogen) atoms. The molecule has 1 amide bonds. The summed E-state index contributed by atoms with van der Waals surface area (Å²) in [7, 11) is -0.0511. The maximum Gasteiger partial charge on any atom is 0.256 e. The summed E-state index contributed by atoms with van der Waals surface area (Å²) >= 11 is 1.51. The molecule has 0 spiro atoms. The molecule has 1 aromatic carbocycles. The van der Waals surface area contributed by atoms with Gasteiger partial charge in [0.15, 0.2) is 15.5 Å². The molecular weight excluding hydrogens is 488 g/mol. The zero-order valence-electron chi connectivity index (χ0n) is 19.4. The van der Waals surface area contributed by atoms with E-state index >= 15 is 0 Å². The van der Waals surface area contributed by atoms with E-state index in [1.807, 2.05) is 17.5 Å². The summed E-state index contributed by atoms with van der Waals surface area (Å²) in [6, 6.07) is 10.4. The minimum Gasteiger partial charge on any atom is -0.497 e. The fourth-order valence-electron chi connectivity index (χ4n) is 4.37. The van der Waals surface area contributed by atoms with Crippen LogP contribution in [0.3, 0.4) is 0 Å². The lowest BCUT2D eigenvalue weighted by atomic mass is 10.1. The quantitative estimate of drug-likeness (QED) is 0.414. The fourth-order valence-corrected chi connectivity index (χ4v) is 6.75. The number of carbonyl (C=O) groups excluding carboxylic acids is 1. The van der Waals surface area contributed by atoms with E-state index in [1.165, 1.54) is 18.4 Å². The molecule has 182 valence electrons. The molecule has 1 saturated heterocycles. The van der Waals surface area contributed by atoms with Gasteiger partial charge < -0.3 is 14.8 Å².